The molecular formula is C23H39NO3. The van der Waals surface area contributed by atoms with Gasteiger partial charge in [0.05, 0.1) is 12.2 Å². The lowest BCUT2D eigenvalue weighted by atomic mass is 9.88. The highest BCUT2D eigenvalue weighted by Gasteiger charge is 2.43. The van der Waals surface area contributed by atoms with Crippen LogP contribution >= 0.6 is 0 Å². The van der Waals surface area contributed by atoms with Gasteiger partial charge in [-0.05, 0) is 50.4 Å². The van der Waals surface area contributed by atoms with Crippen LogP contribution in [0.5, 0.6) is 0 Å². The van der Waals surface area contributed by atoms with Gasteiger partial charge in [0.1, 0.15) is 0 Å². The van der Waals surface area contributed by atoms with Gasteiger partial charge in [0, 0.05) is 26.4 Å². The summed E-state index contributed by atoms with van der Waals surface area (Å²) in [6.07, 6.45) is 15.5. The molecule has 2 N–H and O–H groups in total. The third kappa shape index (κ3) is 6.76. The molecule has 0 bridgehead atoms. The minimum absolute atomic E-state index is 0.167. The standard InChI is InChI=1S/C23H39NO3/c1-4-5-6-10-19(25)12-13-20-21-15-17(14-18(21)16-22(20)26)9-7-8-11-23(27)24(2)3/h12-14,18-22,25-26H,4-11,15-16H2,1-3H3/b13-12+/t18-,19+,20+,21-,22+/m1/s1. The number of unbranched alkanes of at least 4 members (excludes halogenated alkanes) is 3. The van der Waals surface area contributed by atoms with Crippen molar-refractivity contribution < 1.29 is 15.0 Å². The van der Waals surface area contributed by atoms with Crippen LogP contribution in [0, 0.1) is 17.8 Å². The maximum Gasteiger partial charge on any atom is 0.222 e. The van der Waals surface area contributed by atoms with Gasteiger partial charge in [-0.2, -0.15) is 0 Å². The van der Waals surface area contributed by atoms with E-state index in [-0.39, 0.29) is 24.0 Å². The Morgan fingerprint density at radius 2 is 2.07 bits per heavy atom. The summed E-state index contributed by atoms with van der Waals surface area (Å²) in [6.45, 7) is 2.17. The summed E-state index contributed by atoms with van der Waals surface area (Å²) < 4.78 is 0. The lowest BCUT2D eigenvalue weighted by Crippen LogP contribution is -2.21. The molecule has 1 saturated carbocycles. The van der Waals surface area contributed by atoms with Crippen molar-refractivity contribution in [1.29, 1.82) is 0 Å². The number of nitrogens with zero attached hydrogens (tertiary/aromatic N) is 1. The Morgan fingerprint density at radius 1 is 1.30 bits per heavy atom. The van der Waals surface area contributed by atoms with Crippen LogP contribution in [0.25, 0.3) is 0 Å². The van der Waals surface area contributed by atoms with Gasteiger partial charge in [-0.25, -0.2) is 0 Å². The maximum atomic E-state index is 11.6. The maximum absolute atomic E-state index is 11.6. The van der Waals surface area contributed by atoms with E-state index in [4.69, 9.17) is 0 Å². The number of rotatable bonds is 11. The molecule has 1 amide bonds. The van der Waals surface area contributed by atoms with E-state index in [0.717, 1.165) is 51.4 Å². The first-order valence-electron chi connectivity index (χ1n) is 10.9. The largest absolute Gasteiger partial charge is 0.392 e. The molecular weight excluding hydrogens is 338 g/mol. The van der Waals surface area contributed by atoms with E-state index in [1.807, 2.05) is 20.2 Å². The zero-order chi connectivity index (χ0) is 19.8. The molecule has 2 aliphatic carbocycles. The van der Waals surface area contributed by atoms with Crippen LogP contribution in [0.1, 0.15) is 71.1 Å². The summed E-state index contributed by atoms with van der Waals surface area (Å²) >= 11 is 0. The van der Waals surface area contributed by atoms with Crippen molar-refractivity contribution in [3.63, 3.8) is 0 Å². The molecule has 5 atom stereocenters. The quantitative estimate of drug-likeness (QED) is 0.421. The molecule has 0 aromatic rings. The van der Waals surface area contributed by atoms with Gasteiger partial charge in [-0.3, -0.25) is 4.79 Å². The molecule has 0 aromatic carbocycles. The molecule has 0 spiro atoms. The highest BCUT2D eigenvalue weighted by molar-refractivity contribution is 5.75. The third-order valence-electron chi connectivity index (χ3n) is 6.25. The summed E-state index contributed by atoms with van der Waals surface area (Å²) in [7, 11) is 3.62. The monoisotopic (exact) mass is 377 g/mol. The number of carbonyl (C=O) groups excluding carboxylic acids is 1. The van der Waals surface area contributed by atoms with E-state index in [1.165, 1.54) is 12.0 Å². The van der Waals surface area contributed by atoms with Crippen molar-refractivity contribution in [3.8, 4) is 0 Å². The summed E-state index contributed by atoms with van der Waals surface area (Å²) in [6, 6.07) is 0. The summed E-state index contributed by atoms with van der Waals surface area (Å²) in [5, 5.41) is 20.6. The average Bonchev–Trinajstić information content (AvgIpc) is 3.13. The van der Waals surface area contributed by atoms with Crippen LogP contribution in [-0.4, -0.2) is 47.3 Å². The molecule has 154 valence electrons. The van der Waals surface area contributed by atoms with Crippen LogP contribution in [0.2, 0.25) is 0 Å². The minimum Gasteiger partial charge on any atom is -0.392 e. The fraction of sp³-hybridized carbons (Fsp3) is 0.783. The molecule has 0 unspecified atom stereocenters. The average molecular weight is 378 g/mol. The number of hydrogen-bond donors (Lipinski definition) is 2. The number of fused-ring (bicyclic) bond motifs is 1. The Kier molecular flexibility index (Phi) is 9.04. The van der Waals surface area contributed by atoms with Gasteiger partial charge in [0.2, 0.25) is 5.91 Å². The second kappa shape index (κ2) is 11.0. The van der Waals surface area contributed by atoms with Crippen LogP contribution in [-0.2, 0) is 4.79 Å². The van der Waals surface area contributed by atoms with E-state index in [2.05, 4.69) is 19.1 Å². The molecule has 0 aromatic heterocycles. The lowest BCUT2D eigenvalue weighted by Gasteiger charge is -2.19. The number of aliphatic hydroxyl groups excluding tert-OH is 2. The second-order valence-electron chi connectivity index (χ2n) is 8.68. The van der Waals surface area contributed by atoms with Crippen LogP contribution in [0.4, 0.5) is 0 Å². The highest BCUT2D eigenvalue weighted by atomic mass is 16.3. The fourth-order valence-electron chi connectivity index (χ4n) is 4.60. The van der Waals surface area contributed by atoms with Crippen molar-refractivity contribution in [2.45, 2.75) is 83.3 Å². The van der Waals surface area contributed by atoms with Crippen molar-refractivity contribution in [3.05, 3.63) is 23.8 Å². The first kappa shape index (κ1) is 22.2. The first-order chi connectivity index (χ1) is 12.9. The Bertz CT molecular complexity index is 526. The van der Waals surface area contributed by atoms with Crippen molar-refractivity contribution in [2.24, 2.45) is 17.8 Å². The van der Waals surface area contributed by atoms with E-state index in [0.29, 0.717) is 18.3 Å². The molecule has 0 radical (unpaired) electrons. The lowest BCUT2D eigenvalue weighted by molar-refractivity contribution is -0.128. The van der Waals surface area contributed by atoms with Crippen LogP contribution in [0.3, 0.4) is 0 Å². The Labute approximate surface area is 165 Å². The van der Waals surface area contributed by atoms with Crippen molar-refractivity contribution >= 4 is 5.91 Å². The normalized spacial score (nSPS) is 28.4. The number of amides is 1. The van der Waals surface area contributed by atoms with E-state index in [9.17, 15) is 15.0 Å². The molecule has 2 aliphatic rings. The van der Waals surface area contributed by atoms with E-state index < -0.39 is 0 Å². The second-order valence-corrected chi connectivity index (χ2v) is 8.68. The first-order valence-corrected chi connectivity index (χ1v) is 10.9. The SMILES string of the molecule is CCCCC[C@H](O)/C=C/[C@H]1[C@@H]2CC(CCCCC(=O)N(C)C)=C[C@@H]2C[C@@H]1O. The molecule has 4 heteroatoms. The van der Waals surface area contributed by atoms with E-state index in [1.54, 1.807) is 4.90 Å². The van der Waals surface area contributed by atoms with Crippen LogP contribution < -0.4 is 0 Å². The third-order valence-corrected chi connectivity index (χ3v) is 6.25. The van der Waals surface area contributed by atoms with Gasteiger partial charge in [0.25, 0.3) is 0 Å². The summed E-state index contributed by atoms with van der Waals surface area (Å²) in [5.41, 5.74) is 1.50. The van der Waals surface area contributed by atoms with Gasteiger partial charge in [0.15, 0.2) is 0 Å². The smallest absolute Gasteiger partial charge is 0.222 e. The van der Waals surface area contributed by atoms with Gasteiger partial charge in [-0.1, -0.05) is 50.0 Å². The molecule has 1 fully saturated rings. The molecule has 0 heterocycles. The Hall–Kier alpha value is -1.13. The number of hydrogen-bond acceptors (Lipinski definition) is 3. The predicted octanol–water partition coefficient (Wildman–Crippen LogP) is 4.08. The Morgan fingerprint density at radius 3 is 2.78 bits per heavy atom. The number of carbonyl (C=O) groups is 1. The summed E-state index contributed by atoms with van der Waals surface area (Å²) in [4.78, 5) is 13.3. The molecule has 0 saturated heterocycles. The predicted molar refractivity (Wildman–Crippen MR) is 110 cm³/mol. The number of aliphatic hydroxyl groups is 2. The van der Waals surface area contributed by atoms with Crippen molar-refractivity contribution in [1.82, 2.24) is 4.90 Å². The highest BCUT2D eigenvalue weighted by Crippen LogP contribution is 2.48. The molecule has 2 rings (SSSR count). The van der Waals surface area contributed by atoms with E-state index >= 15 is 0 Å². The fourth-order valence-corrected chi connectivity index (χ4v) is 4.60. The molecule has 4 nitrogen and oxygen atoms in total. The Balaban J connectivity index is 1.76. The number of allylic oxidation sites excluding steroid dienone is 2. The van der Waals surface area contributed by atoms with Gasteiger partial charge >= 0.3 is 0 Å². The van der Waals surface area contributed by atoms with Crippen LogP contribution in [0.15, 0.2) is 23.8 Å². The van der Waals surface area contributed by atoms with Gasteiger partial charge < -0.3 is 15.1 Å². The zero-order valence-corrected chi connectivity index (χ0v) is 17.4. The summed E-state index contributed by atoms with van der Waals surface area (Å²) in [5.74, 6) is 1.33. The topological polar surface area (TPSA) is 60.8 Å². The van der Waals surface area contributed by atoms with Crippen molar-refractivity contribution in [2.75, 3.05) is 14.1 Å². The molecule has 0 aliphatic heterocycles. The minimum atomic E-state index is -0.383. The van der Waals surface area contributed by atoms with Gasteiger partial charge in [-0.15, -0.1) is 0 Å². The molecule has 27 heavy (non-hydrogen) atoms. The zero-order valence-electron chi connectivity index (χ0n) is 17.4.